The number of ether oxygens (including phenoxy) is 1. The molecule has 0 aliphatic carbocycles. The van der Waals surface area contributed by atoms with Crippen LogP contribution in [0.15, 0.2) is 65.6 Å². The predicted octanol–water partition coefficient (Wildman–Crippen LogP) is 4.93. The van der Waals surface area contributed by atoms with Gasteiger partial charge in [0.2, 0.25) is 0 Å². The van der Waals surface area contributed by atoms with E-state index in [0.717, 1.165) is 60.0 Å². The second-order valence-corrected chi connectivity index (χ2v) is 7.73. The lowest BCUT2D eigenvalue weighted by Crippen LogP contribution is -2.37. The predicted molar refractivity (Wildman–Crippen MR) is 112 cm³/mol. The smallest absolute Gasteiger partial charge is 0.161 e. The SMILES string of the molecule is Clc1ccc(SCc2cc(N3CCOCC3)nc(-c3ccccc3)n2)cc1. The molecule has 4 rings (SSSR count). The molecular formula is C21H20ClN3OS. The topological polar surface area (TPSA) is 38.2 Å². The molecule has 4 nitrogen and oxygen atoms in total. The Morgan fingerprint density at radius 3 is 2.44 bits per heavy atom. The van der Waals surface area contributed by atoms with Gasteiger partial charge in [0.1, 0.15) is 5.82 Å². The van der Waals surface area contributed by atoms with Crippen molar-refractivity contribution < 1.29 is 4.74 Å². The van der Waals surface area contributed by atoms with Gasteiger partial charge in [-0.2, -0.15) is 0 Å². The molecule has 138 valence electrons. The summed E-state index contributed by atoms with van der Waals surface area (Å²) in [5.41, 5.74) is 2.05. The summed E-state index contributed by atoms with van der Waals surface area (Å²) >= 11 is 7.73. The van der Waals surface area contributed by atoms with Gasteiger partial charge in [-0.25, -0.2) is 9.97 Å². The van der Waals surface area contributed by atoms with E-state index in [4.69, 9.17) is 26.3 Å². The van der Waals surface area contributed by atoms with Crippen molar-refractivity contribution in [2.24, 2.45) is 0 Å². The van der Waals surface area contributed by atoms with Crippen molar-refractivity contribution in [1.29, 1.82) is 0 Å². The maximum atomic E-state index is 5.98. The summed E-state index contributed by atoms with van der Waals surface area (Å²) in [6.45, 7) is 3.18. The number of benzene rings is 2. The molecule has 0 atom stereocenters. The second kappa shape index (κ2) is 8.74. The third kappa shape index (κ3) is 4.80. The molecule has 3 aromatic rings. The highest BCUT2D eigenvalue weighted by atomic mass is 35.5. The fraction of sp³-hybridized carbons (Fsp3) is 0.238. The van der Waals surface area contributed by atoms with Crippen LogP contribution >= 0.6 is 23.4 Å². The summed E-state index contributed by atoms with van der Waals surface area (Å²) in [5, 5.41) is 0.752. The first-order valence-electron chi connectivity index (χ1n) is 8.92. The van der Waals surface area contributed by atoms with Gasteiger partial charge in [0.25, 0.3) is 0 Å². The number of anilines is 1. The Morgan fingerprint density at radius 2 is 1.70 bits per heavy atom. The number of morpholine rings is 1. The second-order valence-electron chi connectivity index (χ2n) is 6.25. The molecular weight excluding hydrogens is 378 g/mol. The van der Waals surface area contributed by atoms with Gasteiger partial charge < -0.3 is 9.64 Å². The lowest BCUT2D eigenvalue weighted by molar-refractivity contribution is 0.122. The highest BCUT2D eigenvalue weighted by Gasteiger charge is 2.16. The van der Waals surface area contributed by atoms with Crippen LogP contribution in [0.1, 0.15) is 5.69 Å². The molecule has 1 aliphatic rings. The highest BCUT2D eigenvalue weighted by Crippen LogP contribution is 2.27. The number of hydrogen-bond acceptors (Lipinski definition) is 5. The van der Waals surface area contributed by atoms with E-state index in [9.17, 15) is 0 Å². The Kier molecular flexibility index (Phi) is 5.92. The largest absolute Gasteiger partial charge is 0.378 e. The van der Waals surface area contributed by atoms with E-state index in [1.54, 1.807) is 11.8 Å². The van der Waals surface area contributed by atoms with Crippen LogP contribution in [0.5, 0.6) is 0 Å². The first kappa shape index (κ1) is 18.3. The first-order valence-corrected chi connectivity index (χ1v) is 10.3. The van der Waals surface area contributed by atoms with Gasteiger partial charge in [-0.05, 0) is 24.3 Å². The molecule has 1 saturated heterocycles. The van der Waals surface area contributed by atoms with E-state index in [2.05, 4.69) is 23.1 Å². The van der Waals surface area contributed by atoms with Gasteiger partial charge >= 0.3 is 0 Å². The average Bonchev–Trinajstić information content (AvgIpc) is 2.74. The summed E-state index contributed by atoms with van der Waals surface area (Å²) in [5.74, 6) is 2.52. The van der Waals surface area contributed by atoms with Crippen LogP contribution < -0.4 is 4.90 Å². The maximum absolute atomic E-state index is 5.98. The van der Waals surface area contributed by atoms with Crippen LogP contribution in [0, 0.1) is 0 Å². The summed E-state index contributed by atoms with van der Waals surface area (Å²) in [7, 11) is 0. The molecule has 2 heterocycles. The van der Waals surface area contributed by atoms with Gasteiger partial charge in [-0.1, -0.05) is 41.9 Å². The quantitative estimate of drug-likeness (QED) is 0.571. The molecule has 6 heteroatoms. The van der Waals surface area contributed by atoms with Crippen LogP contribution in [0.4, 0.5) is 5.82 Å². The van der Waals surface area contributed by atoms with Gasteiger partial charge in [0, 0.05) is 40.4 Å². The van der Waals surface area contributed by atoms with Crippen molar-refractivity contribution in [2.75, 3.05) is 31.2 Å². The normalized spacial score (nSPS) is 14.3. The number of nitrogens with zero attached hydrogens (tertiary/aromatic N) is 3. The number of aromatic nitrogens is 2. The number of thioether (sulfide) groups is 1. The molecule has 0 unspecified atom stereocenters. The number of halogens is 1. The van der Waals surface area contributed by atoms with Crippen molar-refractivity contribution in [1.82, 2.24) is 9.97 Å². The zero-order valence-electron chi connectivity index (χ0n) is 14.8. The summed E-state index contributed by atoms with van der Waals surface area (Å²) in [6, 6.07) is 20.1. The minimum absolute atomic E-state index is 0.736. The van der Waals surface area contributed by atoms with Gasteiger partial charge in [0.05, 0.1) is 18.9 Å². The van der Waals surface area contributed by atoms with E-state index in [1.165, 1.54) is 4.90 Å². The lowest BCUT2D eigenvalue weighted by atomic mass is 10.2. The third-order valence-electron chi connectivity index (χ3n) is 4.33. The van der Waals surface area contributed by atoms with Crippen molar-refractivity contribution in [3.63, 3.8) is 0 Å². The average molecular weight is 398 g/mol. The number of rotatable bonds is 5. The Balaban J connectivity index is 1.61. The van der Waals surface area contributed by atoms with Crippen molar-refractivity contribution in [3.8, 4) is 11.4 Å². The summed E-state index contributed by atoms with van der Waals surface area (Å²) in [6.07, 6.45) is 0. The molecule has 27 heavy (non-hydrogen) atoms. The summed E-state index contributed by atoms with van der Waals surface area (Å²) in [4.78, 5) is 13.1. The molecule has 1 aromatic heterocycles. The van der Waals surface area contributed by atoms with Crippen LogP contribution in [0.2, 0.25) is 5.02 Å². The molecule has 0 spiro atoms. The summed E-state index contributed by atoms with van der Waals surface area (Å²) < 4.78 is 5.48. The zero-order valence-corrected chi connectivity index (χ0v) is 16.4. The standard InChI is InChI=1S/C21H20ClN3OS/c22-17-6-8-19(9-7-17)27-15-18-14-20(25-10-12-26-13-11-25)24-21(23-18)16-4-2-1-3-5-16/h1-9,14H,10-13,15H2. The fourth-order valence-corrected chi connectivity index (χ4v) is 3.83. The molecule has 1 aliphatic heterocycles. The minimum atomic E-state index is 0.736. The van der Waals surface area contributed by atoms with E-state index in [0.29, 0.717) is 0 Å². The highest BCUT2D eigenvalue weighted by molar-refractivity contribution is 7.98. The van der Waals surface area contributed by atoms with Gasteiger partial charge in [-0.15, -0.1) is 11.8 Å². The zero-order chi connectivity index (χ0) is 18.5. The van der Waals surface area contributed by atoms with Crippen molar-refractivity contribution in [3.05, 3.63) is 71.4 Å². The fourth-order valence-electron chi connectivity index (χ4n) is 2.92. The van der Waals surface area contributed by atoms with Crippen molar-refractivity contribution in [2.45, 2.75) is 10.6 Å². The molecule has 0 bridgehead atoms. The van der Waals surface area contributed by atoms with Gasteiger partial charge in [0.15, 0.2) is 5.82 Å². The molecule has 0 amide bonds. The molecule has 2 aromatic carbocycles. The first-order chi connectivity index (χ1) is 13.3. The van der Waals surface area contributed by atoms with E-state index in [1.807, 2.05) is 42.5 Å². The van der Waals surface area contributed by atoms with E-state index in [-0.39, 0.29) is 0 Å². The van der Waals surface area contributed by atoms with Crippen LogP contribution in [0.3, 0.4) is 0 Å². The third-order valence-corrected chi connectivity index (χ3v) is 5.63. The monoisotopic (exact) mass is 397 g/mol. The van der Waals surface area contributed by atoms with Crippen LogP contribution in [-0.4, -0.2) is 36.3 Å². The molecule has 1 fully saturated rings. The molecule has 0 saturated carbocycles. The van der Waals surface area contributed by atoms with E-state index < -0.39 is 0 Å². The minimum Gasteiger partial charge on any atom is -0.378 e. The Labute approximate surface area is 168 Å². The molecule has 0 N–H and O–H groups in total. The Bertz CT molecular complexity index is 884. The van der Waals surface area contributed by atoms with Crippen LogP contribution in [0.25, 0.3) is 11.4 Å². The van der Waals surface area contributed by atoms with Gasteiger partial charge in [-0.3, -0.25) is 0 Å². The molecule has 0 radical (unpaired) electrons. The van der Waals surface area contributed by atoms with E-state index >= 15 is 0 Å². The number of hydrogen-bond donors (Lipinski definition) is 0. The maximum Gasteiger partial charge on any atom is 0.161 e. The van der Waals surface area contributed by atoms with Crippen LogP contribution in [-0.2, 0) is 10.5 Å². The van der Waals surface area contributed by atoms with Crippen molar-refractivity contribution >= 4 is 29.2 Å². The Morgan fingerprint density at radius 1 is 0.963 bits per heavy atom. The Hall–Kier alpha value is -2.08. The lowest BCUT2D eigenvalue weighted by Gasteiger charge is -2.28.